The summed E-state index contributed by atoms with van der Waals surface area (Å²) in [5, 5.41) is 14.0. The number of aryl methyl sites for hydroxylation is 2. The second kappa shape index (κ2) is 6.31. The fourth-order valence-corrected chi connectivity index (χ4v) is 3.15. The molecular weight excluding hydrogens is 439 g/mol. The van der Waals surface area contributed by atoms with Crippen molar-refractivity contribution in [3.8, 4) is 0 Å². The van der Waals surface area contributed by atoms with E-state index in [0.29, 0.717) is 16.6 Å². The van der Waals surface area contributed by atoms with Crippen molar-refractivity contribution in [2.24, 2.45) is 14.1 Å². The number of imidazole rings is 1. The minimum absolute atomic E-state index is 0.0440. The van der Waals surface area contributed by atoms with Crippen molar-refractivity contribution in [2.45, 2.75) is 0 Å². The van der Waals surface area contributed by atoms with Crippen LogP contribution in [0.25, 0.3) is 11.0 Å². The molecule has 0 unspecified atom stereocenters. The summed E-state index contributed by atoms with van der Waals surface area (Å²) in [6, 6.07) is 9.61. The van der Waals surface area contributed by atoms with E-state index < -0.39 is 10.8 Å². The van der Waals surface area contributed by atoms with Crippen LogP contribution in [-0.2, 0) is 14.1 Å². The summed E-state index contributed by atoms with van der Waals surface area (Å²) in [6.45, 7) is 0. The normalized spacial score (nSPS) is 10.8. The first-order chi connectivity index (χ1) is 11.8. The van der Waals surface area contributed by atoms with E-state index in [-0.39, 0.29) is 17.1 Å². The molecule has 1 heterocycles. The highest BCUT2D eigenvalue weighted by molar-refractivity contribution is 14.1. The molecule has 128 valence electrons. The van der Waals surface area contributed by atoms with Crippen molar-refractivity contribution in [3.05, 3.63) is 66.1 Å². The summed E-state index contributed by atoms with van der Waals surface area (Å²) in [6.07, 6.45) is 0. The SMILES string of the molecule is Cn1c(=O)n(C)c2cc([N+](=O)[O-])c(NC(=O)c3cccc(I)c3)cc21. The quantitative estimate of drug-likeness (QED) is 0.375. The van der Waals surface area contributed by atoms with Crippen LogP contribution in [0.3, 0.4) is 0 Å². The van der Waals surface area contributed by atoms with E-state index in [9.17, 15) is 19.7 Å². The van der Waals surface area contributed by atoms with Crippen molar-refractivity contribution in [3.63, 3.8) is 0 Å². The number of nitro benzene ring substituents is 1. The predicted molar refractivity (Wildman–Crippen MR) is 102 cm³/mol. The summed E-state index contributed by atoms with van der Waals surface area (Å²) in [7, 11) is 3.11. The van der Waals surface area contributed by atoms with E-state index >= 15 is 0 Å². The average Bonchev–Trinajstić information content (AvgIpc) is 2.78. The monoisotopic (exact) mass is 452 g/mol. The van der Waals surface area contributed by atoms with Crippen molar-refractivity contribution in [1.29, 1.82) is 0 Å². The highest BCUT2D eigenvalue weighted by atomic mass is 127. The van der Waals surface area contributed by atoms with Crippen molar-refractivity contribution in [1.82, 2.24) is 9.13 Å². The van der Waals surface area contributed by atoms with E-state index in [0.717, 1.165) is 3.57 Å². The molecule has 1 N–H and O–H groups in total. The first kappa shape index (κ1) is 17.1. The number of aromatic nitrogens is 2. The fourth-order valence-electron chi connectivity index (χ4n) is 2.61. The standard InChI is InChI=1S/C16H13IN4O4/c1-19-13-7-11(18-15(22)9-4-3-5-10(17)6-9)12(21(24)25)8-14(13)20(2)16(19)23/h3-8H,1-2H3,(H,18,22). The lowest BCUT2D eigenvalue weighted by Crippen LogP contribution is -2.19. The van der Waals surface area contributed by atoms with Gasteiger partial charge in [-0.2, -0.15) is 0 Å². The van der Waals surface area contributed by atoms with Crippen LogP contribution in [0, 0.1) is 13.7 Å². The molecule has 0 spiro atoms. The van der Waals surface area contributed by atoms with Gasteiger partial charge in [0.15, 0.2) is 0 Å². The Kier molecular flexibility index (Phi) is 4.33. The number of nitrogens with zero attached hydrogens (tertiary/aromatic N) is 3. The Balaban J connectivity index is 2.13. The van der Waals surface area contributed by atoms with Crippen LogP contribution in [0.1, 0.15) is 10.4 Å². The molecule has 1 amide bonds. The van der Waals surface area contributed by atoms with Crippen molar-refractivity contribution >= 4 is 50.9 Å². The van der Waals surface area contributed by atoms with Gasteiger partial charge in [-0.3, -0.25) is 24.0 Å². The molecule has 0 saturated carbocycles. The molecule has 0 bridgehead atoms. The molecule has 1 aromatic heterocycles. The van der Waals surface area contributed by atoms with Crippen molar-refractivity contribution in [2.75, 3.05) is 5.32 Å². The Labute approximate surface area is 155 Å². The molecule has 25 heavy (non-hydrogen) atoms. The second-order valence-electron chi connectivity index (χ2n) is 5.48. The maximum absolute atomic E-state index is 12.4. The Hall–Kier alpha value is -2.69. The number of carbonyl (C=O) groups excluding carboxylic acids is 1. The van der Waals surface area contributed by atoms with Gasteiger partial charge in [0.05, 0.1) is 16.0 Å². The van der Waals surface area contributed by atoms with Gasteiger partial charge < -0.3 is 5.32 Å². The van der Waals surface area contributed by atoms with Crippen LogP contribution < -0.4 is 11.0 Å². The zero-order chi connectivity index (χ0) is 18.3. The van der Waals surface area contributed by atoms with Gasteiger partial charge in [-0.15, -0.1) is 0 Å². The Morgan fingerprint density at radius 2 is 1.80 bits per heavy atom. The number of rotatable bonds is 3. The molecule has 0 aliphatic heterocycles. The molecule has 0 aliphatic rings. The summed E-state index contributed by atoms with van der Waals surface area (Å²) >= 11 is 2.08. The number of amides is 1. The van der Waals surface area contributed by atoms with E-state index in [1.165, 1.54) is 21.3 Å². The molecule has 2 aromatic carbocycles. The maximum atomic E-state index is 12.4. The highest BCUT2D eigenvalue weighted by Gasteiger charge is 2.21. The third-order valence-corrected chi connectivity index (χ3v) is 4.59. The molecule has 9 heteroatoms. The number of fused-ring (bicyclic) bond motifs is 1. The van der Waals surface area contributed by atoms with Crippen LogP contribution >= 0.6 is 22.6 Å². The fraction of sp³-hybridized carbons (Fsp3) is 0.125. The predicted octanol–water partition coefficient (Wildman–Crippen LogP) is 2.64. The van der Waals surface area contributed by atoms with Gasteiger partial charge in [0.2, 0.25) is 0 Å². The first-order valence-corrected chi connectivity index (χ1v) is 8.28. The van der Waals surface area contributed by atoms with Crippen molar-refractivity contribution < 1.29 is 9.72 Å². The summed E-state index contributed by atoms with van der Waals surface area (Å²) in [5.41, 5.74) is 0.784. The van der Waals surface area contributed by atoms with Crippen LogP contribution in [0.5, 0.6) is 0 Å². The molecule has 0 radical (unpaired) electrons. The number of anilines is 1. The Morgan fingerprint density at radius 1 is 1.16 bits per heavy atom. The topological polar surface area (TPSA) is 99.2 Å². The second-order valence-corrected chi connectivity index (χ2v) is 6.73. The van der Waals surface area contributed by atoms with Gasteiger partial charge in [0.1, 0.15) is 5.69 Å². The first-order valence-electron chi connectivity index (χ1n) is 7.20. The number of carbonyl (C=O) groups is 1. The van der Waals surface area contributed by atoms with Gasteiger partial charge in [0.25, 0.3) is 11.6 Å². The number of hydrogen-bond acceptors (Lipinski definition) is 4. The molecule has 0 aliphatic carbocycles. The molecule has 0 saturated heterocycles. The third-order valence-electron chi connectivity index (χ3n) is 3.92. The molecule has 8 nitrogen and oxygen atoms in total. The number of hydrogen-bond donors (Lipinski definition) is 1. The number of nitrogens with one attached hydrogen (secondary N) is 1. The molecule has 0 atom stereocenters. The highest BCUT2D eigenvalue weighted by Crippen LogP contribution is 2.30. The lowest BCUT2D eigenvalue weighted by atomic mass is 10.2. The van der Waals surface area contributed by atoms with E-state index in [1.54, 1.807) is 32.3 Å². The van der Waals surface area contributed by atoms with E-state index in [2.05, 4.69) is 27.9 Å². The molecule has 3 rings (SSSR count). The molecule has 3 aromatic rings. The van der Waals surface area contributed by atoms with Gasteiger partial charge in [-0.25, -0.2) is 4.79 Å². The van der Waals surface area contributed by atoms with E-state index in [4.69, 9.17) is 0 Å². The molecule has 0 fully saturated rings. The van der Waals surface area contributed by atoms with Crippen LogP contribution in [0.4, 0.5) is 11.4 Å². The van der Waals surface area contributed by atoms with Gasteiger partial charge in [0, 0.05) is 29.3 Å². The molecular formula is C16H13IN4O4. The Morgan fingerprint density at radius 3 is 2.40 bits per heavy atom. The minimum Gasteiger partial charge on any atom is -0.316 e. The van der Waals surface area contributed by atoms with Crippen LogP contribution in [0.15, 0.2) is 41.2 Å². The summed E-state index contributed by atoms with van der Waals surface area (Å²) in [5.74, 6) is -0.457. The van der Waals surface area contributed by atoms with Gasteiger partial charge >= 0.3 is 5.69 Å². The summed E-state index contributed by atoms with van der Waals surface area (Å²) in [4.78, 5) is 35.3. The van der Waals surface area contributed by atoms with Crippen LogP contribution in [-0.4, -0.2) is 20.0 Å². The summed E-state index contributed by atoms with van der Waals surface area (Å²) < 4.78 is 3.58. The Bertz CT molecular complexity index is 1080. The number of nitro groups is 1. The minimum atomic E-state index is -0.582. The van der Waals surface area contributed by atoms with E-state index in [1.807, 2.05) is 6.07 Å². The zero-order valence-corrected chi connectivity index (χ0v) is 15.5. The smallest absolute Gasteiger partial charge is 0.316 e. The average molecular weight is 452 g/mol. The maximum Gasteiger partial charge on any atom is 0.328 e. The zero-order valence-electron chi connectivity index (χ0n) is 13.3. The van der Waals surface area contributed by atoms with Crippen LogP contribution in [0.2, 0.25) is 0 Å². The largest absolute Gasteiger partial charge is 0.328 e. The lowest BCUT2D eigenvalue weighted by molar-refractivity contribution is -0.383. The number of halogens is 1. The van der Waals surface area contributed by atoms with Gasteiger partial charge in [-0.05, 0) is 46.9 Å². The lowest BCUT2D eigenvalue weighted by Gasteiger charge is -2.07. The third kappa shape index (κ3) is 3.02. The van der Waals surface area contributed by atoms with Gasteiger partial charge in [-0.1, -0.05) is 6.07 Å². The number of benzene rings is 2.